The van der Waals surface area contributed by atoms with Gasteiger partial charge in [-0.2, -0.15) is 8.42 Å². The highest BCUT2D eigenvalue weighted by Gasteiger charge is 2.24. The van der Waals surface area contributed by atoms with Crippen LogP contribution in [-0.4, -0.2) is 32.3 Å². The molecule has 0 aliphatic carbocycles. The highest BCUT2D eigenvalue weighted by Crippen LogP contribution is 2.17. The number of rotatable bonds is 7. The second-order valence-electron chi connectivity index (χ2n) is 7.70. The molecule has 0 aliphatic heterocycles. The van der Waals surface area contributed by atoms with Gasteiger partial charge in [0.2, 0.25) is 0 Å². The quantitative estimate of drug-likeness (QED) is 0.582. The molecule has 0 saturated heterocycles. The third-order valence-corrected chi connectivity index (χ3v) is 4.66. The van der Waals surface area contributed by atoms with Crippen molar-refractivity contribution >= 4 is 16.2 Å². The van der Waals surface area contributed by atoms with Crippen molar-refractivity contribution in [3.63, 3.8) is 0 Å². The second-order valence-corrected chi connectivity index (χ2v) is 9.32. The average Bonchev–Trinajstić information content (AvgIpc) is 2.41. The van der Waals surface area contributed by atoms with E-state index in [4.69, 9.17) is 8.92 Å². The molecule has 0 aromatic heterocycles. The first kappa shape index (κ1) is 21.4. The van der Waals surface area contributed by atoms with E-state index in [1.165, 1.54) is 12.1 Å². The molecular weight excluding hydrogens is 342 g/mol. The Balaban J connectivity index is 2.45. The van der Waals surface area contributed by atoms with Crippen molar-refractivity contribution in [2.75, 3.05) is 6.61 Å². The molecule has 0 spiro atoms. The van der Waals surface area contributed by atoms with Crippen LogP contribution in [0.3, 0.4) is 0 Å². The SMILES string of the molecule is Cc1ccc(S(=O)(=O)OCCCC(C)(C)NC(=O)OC(C)(C)C)cc1. The van der Waals surface area contributed by atoms with Gasteiger partial charge in [-0.1, -0.05) is 17.7 Å². The van der Waals surface area contributed by atoms with Gasteiger partial charge >= 0.3 is 6.09 Å². The van der Waals surface area contributed by atoms with Gasteiger partial charge in [0, 0.05) is 5.54 Å². The molecule has 0 fully saturated rings. The fourth-order valence-electron chi connectivity index (χ4n) is 2.10. The lowest BCUT2D eigenvalue weighted by atomic mass is 9.99. The van der Waals surface area contributed by atoms with Gasteiger partial charge in [0.25, 0.3) is 10.1 Å². The number of hydrogen-bond acceptors (Lipinski definition) is 5. The summed E-state index contributed by atoms with van der Waals surface area (Å²) < 4.78 is 34.5. The van der Waals surface area contributed by atoms with E-state index in [1.807, 2.05) is 20.8 Å². The van der Waals surface area contributed by atoms with E-state index in [1.54, 1.807) is 32.9 Å². The molecular formula is C18H29NO5S. The minimum Gasteiger partial charge on any atom is -0.444 e. The molecule has 1 rings (SSSR count). The Morgan fingerprint density at radius 1 is 1.08 bits per heavy atom. The van der Waals surface area contributed by atoms with Crippen molar-refractivity contribution in [3.05, 3.63) is 29.8 Å². The number of benzene rings is 1. The van der Waals surface area contributed by atoms with Gasteiger partial charge in [-0.15, -0.1) is 0 Å². The molecule has 0 atom stereocenters. The lowest BCUT2D eigenvalue weighted by Crippen LogP contribution is -2.45. The average molecular weight is 371 g/mol. The fraction of sp³-hybridized carbons (Fsp3) is 0.611. The van der Waals surface area contributed by atoms with Crippen LogP contribution in [0.1, 0.15) is 53.0 Å². The smallest absolute Gasteiger partial charge is 0.408 e. The summed E-state index contributed by atoms with van der Waals surface area (Å²) in [5.74, 6) is 0. The summed E-state index contributed by atoms with van der Waals surface area (Å²) in [6.45, 7) is 11.0. The zero-order chi connectivity index (χ0) is 19.3. The van der Waals surface area contributed by atoms with Crippen molar-refractivity contribution in [1.29, 1.82) is 0 Å². The molecule has 0 saturated carbocycles. The maximum atomic E-state index is 12.1. The largest absolute Gasteiger partial charge is 0.444 e. The molecule has 0 bridgehead atoms. The van der Waals surface area contributed by atoms with Crippen LogP contribution in [0.15, 0.2) is 29.2 Å². The topological polar surface area (TPSA) is 81.7 Å². The normalized spacial score (nSPS) is 12.7. The van der Waals surface area contributed by atoms with E-state index in [2.05, 4.69) is 5.32 Å². The summed E-state index contributed by atoms with van der Waals surface area (Å²) in [6.07, 6.45) is 0.537. The number of carbonyl (C=O) groups is 1. The molecule has 0 unspecified atom stereocenters. The van der Waals surface area contributed by atoms with E-state index in [-0.39, 0.29) is 11.5 Å². The summed E-state index contributed by atoms with van der Waals surface area (Å²) in [4.78, 5) is 12.0. The third-order valence-electron chi connectivity index (χ3n) is 3.33. The molecule has 1 N–H and O–H groups in total. The van der Waals surface area contributed by atoms with E-state index in [0.29, 0.717) is 12.8 Å². The standard InChI is InChI=1S/C18H29NO5S/c1-14-8-10-15(11-9-14)25(21,22)23-13-7-12-18(5,6)19-16(20)24-17(2,3)4/h8-11H,7,12-13H2,1-6H3,(H,19,20). The molecule has 6 nitrogen and oxygen atoms in total. The first-order valence-corrected chi connectivity index (χ1v) is 9.69. The first-order valence-electron chi connectivity index (χ1n) is 8.28. The molecule has 1 aromatic rings. The van der Waals surface area contributed by atoms with Gasteiger partial charge < -0.3 is 10.1 Å². The zero-order valence-electron chi connectivity index (χ0n) is 15.9. The van der Waals surface area contributed by atoms with E-state index in [0.717, 1.165) is 5.56 Å². The van der Waals surface area contributed by atoms with Crippen molar-refractivity contribution in [1.82, 2.24) is 5.32 Å². The van der Waals surface area contributed by atoms with Crippen LogP contribution in [-0.2, 0) is 19.0 Å². The predicted molar refractivity (Wildman–Crippen MR) is 97.0 cm³/mol. The minimum atomic E-state index is -3.75. The number of nitrogens with one attached hydrogen (secondary N) is 1. The summed E-state index contributed by atoms with van der Waals surface area (Å²) >= 11 is 0. The van der Waals surface area contributed by atoms with E-state index in [9.17, 15) is 13.2 Å². The Labute approximate surface area is 151 Å². The first-order chi connectivity index (χ1) is 11.3. The third kappa shape index (κ3) is 8.36. The summed E-state index contributed by atoms with van der Waals surface area (Å²) in [7, 11) is -3.75. The molecule has 142 valence electrons. The van der Waals surface area contributed by atoms with E-state index >= 15 is 0 Å². The Morgan fingerprint density at radius 3 is 2.16 bits per heavy atom. The number of alkyl carbamates (subject to hydrolysis) is 1. The Morgan fingerprint density at radius 2 is 1.64 bits per heavy atom. The number of carbonyl (C=O) groups excluding carboxylic acids is 1. The Hall–Kier alpha value is -1.60. The lowest BCUT2D eigenvalue weighted by molar-refractivity contribution is 0.0464. The maximum Gasteiger partial charge on any atom is 0.408 e. The van der Waals surface area contributed by atoms with Crippen LogP contribution in [0.25, 0.3) is 0 Å². The zero-order valence-corrected chi connectivity index (χ0v) is 16.7. The molecule has 7 heteroatoms. The van der Waals surface area contributed by atoms with Gasteiger partial charge in [0.15, 0.2) is 0 Å². The van der Waals surface area contributed by atoms with Crippen LogP contribution in [0.2, 0.25) is 0 Å². The summed E-state index contributed by atoms with van der Waals surface area (Å²) in [5.41, 5.74) is -0.112. The molecule has 1 amide bonds. The van der Waals surface area contributed by atoms with Crippen LogP contribution in [0, 0.1) is 6.92 Å². The number of amides is 1. The van der Waals surface area contributed by atoms with Crippen LogP contribution < -0.4 is 5.32 Å². The van der Waals surface area contributed by atoms with Crippen molar-refractivity contribution < 1.29 is 22.1 Å². The van der Waals surface area contributed by atoms with Crippen LogP contribution in [0.4, 0.5) is 4.79 Å². The second kappa shape index (κ2) is 8.19. The van der Waals surface area contributed by atoms with Gasteiger partial charge in [0.05, 0.1) is 11.5 Å². The molecule has 0 aliphatic rings. The van der Waals surface area contributed by atoms with Gasteiger partial charge in [-0.05, 0) is 66.5 Å². The van der Waals surface area contributed by atoms with E-state index < -0.39 is 27.4 Å². The molecule has 0 heterocycles. The highest BCUT2D eigenvalue weighted by molar-refractivity contribution is 7.86. The monoisotopic (exact) mass is 371 g/mol. The molecule has 1 aromatic carbocycles. The van der Waals surface area contributed by atoms with Gasteiger partial charge in [-0.3, -0.25) is 4.18 Å². The number of ether oxygens (including phenoxy) is 1. The fourth-order valence-corrected chi connectivity index (χ4v) is 3.04. The van der Waals surface area contributed by atoms with Gasteiger partial charge in [0.1, 0.15) is 5.60 Å². The Kier molecular flexibility index (Phi) is 7.02. The van der Waals surface area contributed by atoms with Crippen molar-refractivity contribution in [2.45, 2.75) is 70.4 Å². The van der Waals surface area contributed by atoms with Crippen molar-refractivity contribution in [2.24, 2.45) is 0 Å². The molecule has 25 heavy (non-hydrogen) atoms. The number of hydrogen-bond donors (Lipinski definition) is 1. The van der Waals surface area contributed by atoms with Crippen LogP contribution in [0.5, 0.6) is 0 Å². The Bertz CT molecular complexity index is 672. The summed E-state index contributed by atoms with van der Waals surface area (Å²) in [6, 6.07) is 6.51. The lowest BCUT2D eigenvalue weighted by Gasteiger charge is -2.28. The predicted octanol–water partition coefficient (Wildman–Crippen LogP) is 3.78. The maximum absolute atomic E-state index is 12.1. The molecule has 0 radical (unpaired) electrons. The summed E-state index contributed by atoms with van der Waals surface area (Å²) in [5, 5.41) is 2.78. The van der Waals surface area contributed by atoms with Crippen LogP contribution >= 0.6 is 0 Å². The number of aryl methyl sites for hydroxylation is 1. The van der Waals surface area contributed by atoms with Crippen molar-refractivity contribution in [3.8, 4) is 0 Å². The van der Waals surface area contributed by atoms with Gasteiger partial charge in [-0.25, -0.2) is 4.79 Å². The highest BCUT2D eigenvalue weighted by atomic mass is 32.2. The minimum absolute atomic E-state index is 0.0512.